The Hall–Kier alpha value is -2.80. The lowest BCUT2D eigenvalue weighted by molar-refractivity contribution is -0.0257. The summed E-state index contributed by atoms with van der Waals surface area (Å²) in [5.74, 6) is 4.60. The highest BCUT2D eigenvalue weighted by Gasteiger charge is 2.43. The van der Waals surface area contributed by atoms with E-state index in [0.717, 1.165) is 47.9 Å². The van der Waals surface area contributed by atoms with Gasteiger partial charge in [-0.05, 0) is 43.0 Å². The fourth-order valence-corrected chi connectivity index (χ4v) is 5.38. The first-order valence-electron chi connectivity index (χ1n) is 11.3. The van der Waals surface area contributed by atoms with Gasteiger partial charge in [-0.3, -0.25) is 4.90 Å². The Morgan fingerprint density at radius 3 is 2.12 bits per heavy atom. The third-order valence-electron chi connectivity index (χ3n) is 6.90. The van der Waals surface area contributed by atoms with Crippen LogP contribution in [0.4, 0.5) is 0 Å². The van der Waals surface area contributed by atoms with Crippen molar-refractivity contribution in [1.29, 1.82) is 0 Å². The zero-order valence-corrected chi connectivity index (χ0v) is 19.2. The SMILES string of the molecule is CC[C@@H]1[C@@H](c2cc(OC)c(OC)c(OC)c2)c2cc3c(cc2O[C@H]1N1CCCC1)OCO3. The molecule has 0 radical (unpaired) electrons. The zero-order valence-electron chi connectivity index (χ0n) is 19.2. The monoisotopic (exact) mass is 441 g/mol. The summed E-state index contributed by atoms with van der Waals surface area (Å²) >= 11 is 0. The van der Waals surface area contributed by atoms with Gasteiger partial charge < -0.3 is 28.4 Å². The van der Waals surface area contributed by atoms with Gasteiger partial charge in [-0.15, -0.1) is 0 Å². The van der Waals surface area contributed by atoms with Crippen molar-refractivity contribution >= 4 is 0 Å². The van der Waals surface area contributed by atoms with Crippen molar-refractivity contribution in [3.05, 3.63) is 35.4 Å². The van der Waals surface area contributed by atoms with Crippen LogP contribution in [0.25, 0.3) is 0 Å². The van der Waals surface area contributed by atoms with Gasteiger partial charge in [-0.2, -0.15) is 0 Å². The fourth-order valence-electron chi connectivity index (χ4n) is 5.38. The van der Waals surface area contributed by atoms with E-state index in [4.69, 9.17) is 28.4 Å². The largest absolute Gasteiger partial charge is 0.493 e. The first kappa shape index (κ1) is 21.1. The van der Waals surface area contributed by atoms with Crippen LogP contribution in [0.3, 0.4) is 0 Å². The molecule has 0 spiro atoms. The topological polar surface area (TPSA) is 58.6 Å². The highest BCUT2D eigenvalue weighted by molar-refractivity contribution is 5.60. The Labute approximate surface area is 189 Å². The molecule has 1 fully saturated rings. The highest BCUT2D eigenvalue weighted by atomic mass is 16.7. The van der Waals surface area contributed by atoms with Crippen molar-refractivity contribution in [2.24, 2.45) is 5.92 Å². The van der Waals surface area contributed by atoms with Crippen LogP contribution in [0.2, 0.25) is 0 Å². The van der Waals surface area contributed by atoms with Gasteiger partial charge >= 0.3 is 0 Å². The van der Waals surface area contributed by atoms with Crippen molar-refractivity contribution in [2.75, 3.05) is 41.2 Å². The van der Waals surface area contributed by atoms with Gasteiger partial charge in [0.1, 0.15) is 5.75 Å². The van der Waals surface area contributed by atoms with Gasteiger partial charge in [0.05, 0.1) is 21.3 Å². The summed E-state index contributed by atoms with van der Waals surface area (Å²) < 4.78 is 34.9. The number of methoxy groups -OCH3 is 3. The van der Waals surface area contributed by atoms with Gasteiger partial charge in [0.25, 0.3) is 0 Å². The first-order valence-corrected chi connectivity index (χ1v) is 11.3. The Morgan fingerprint density at radius 2 is 1.53 bits per heavy atom. The number of rotatable bonds is 6. The number of fused-ring (bicyclic) bond motifs is 2. The third-order valence-corrected chi connectivity index (χ3v) is 6.90. The minimum absolute atomic E-state index is 0.000497. The minimum Gasteiger partial charge on any atom is -0.493 e. The average molecular weight is 442 g/mol. The molecular formula is C25H31NO6. The summed E-state index contributed by atoms with van der Waals surface area (Å²) in [7, 11) is 4.94. The Bertz CT molecular complexity index is 962. The van der Waals surface area contributed by atoms with Gasteiger partial charge in [0.15, 0.2) is 29.2 Å². The van der Waals surface area contributed by atoms with E-state index in [1.165, 1.54) is 12.8 Å². The molecule has 0 amide bonds. The third kappa shape index (κ3) is 3.39. The number of benzene rings is 2. The molecule has 7 heteroatoms. The second kappa shape index (κ2) is 8.62. The van der Waals surface area contributed by atoms with E-state index in [0.29, 0.717) is 17.2 Å². The zero-order chi connectivity index (χ0) is 22.2. The molecule has 0 bridgehead atoms. The molecule has 3 aliphatic heterocycles. The van der Waals surface area contributed by atoms with Crippen LogP contribution in [-0.2, 0) is 0 Å². The molecule has 0 aromatic heterocycles. The first-order chi connectivity index (χ1) is 15.7. The Balaban J connectivity index is 1.68. The highest BCUT2D eigenvalue weighted by Crippen LogP contribution is 2.52. The standard InChI is InChI=1S/C25H31NO6/c1-5-16-23(15-10-21(27-2)24(29-4)22(11-15)28-3)17-12-19-20(31-14-30-19)13-18(17)32-25(16)26-8-6-7-9-26/h10-13,16,23,25H,5-9,14H2,1-4H3/t16-,23-,25-/m1/s1. The van der Waals surface area contributed by atoms with Crippen LogP contribution < -0.4 is 28.4 Å². The van der Waals surface area contributed by atoms with Crippen LogP contribution in [0.5, 0.6) is 34.5 Å². The van der Waals surface area contributed by atoms with Crippen LogP contribution in [-0.4, -0.2) is 52.3 Å². The summed E-state index contributed by atoms with van der Waals surface area (Å²) in [5.41, 5.74) is 2.21. The summed E-state index contributed by atoms with van der Waals surface area (Å²) in [5, 5.41) is 0. The second-order valence-electron chi connectivity index (χ2n) is 8.50. The molecule has 3 aliphatic rings. The summed E-state index contributed by atoms with van der Waals surface area (Å²) in [6.07, 6.45) is 3.38. The lowest BCUT2D eigenvalue weighted by atomic mass is 9.75. The van der Waals surface area contributed by atoms with Crippen molar-refractivity contribution < 1.29 is 28.4 Å². The summed E-state index contributed by atoms with van der Waals surface area (Å²) in [6, 6.07) is 8.19. The number of nitrogens with zero attached hydrogens (tertiary/aromatic N) is 1. The lowest BCUT2D eigenvalue weighted by Crippen LogP contribution is -2.47. The number of hydrogen-bond donors (Lipinski definition) is 0. The molecule has 3 heterocycles. The molecule has 172 valence electrons. The van der Waals surface area contributed by atoms with Gasteiger partial charge in [0.2, 0.25) is 12.5 Å². The number of hydrogen-bond acceptors (Lipinski definition) is 7. The van der Waals surface area contributed by atoms with E-state index in [2.05, 4.69) is 30.0 Å². The molecule has 0 unspecified atom stereocenters. The molecular weight excluding hydrogens is 410 g/mol. The number of likely N-dealkylation sites (tertiary alicyclic amines) is 1. The quantitative estimate of drug-likeness (QED) is 0.658. The summed E-state index contributed by atoms with van der Waals surface area (Å²) in [4.78, 5) is 2.48. The smallest absolute Gasteiger partial charge is 0.231 e. The van der Waals surface area contributed by atoms with Crippen molar-refractivity contribution in [1.82, 2.24) is 4.90 Å². The molecule has 0 N–H and O–H groups in total. The maximum absolute atomic E-state index is 6.66. The van der Waals surface area contributed by atoms with Crippen LogP contribution in [0, 0.1) is 5.92 Å². The molecule has 5 rings (SSSR count). The van der Waals surface area contributed by atoms with E-state index in [1.54, 1.807) is 21.3 Å². The van der Waals surface area contributed by atoms with Crippen molar-refractivity contribution in [2.45, 2.75) is 38.3 Å². The molecule has 7 nitrogen and oxygen atoms in total. The van der Waals surface area contributed by atoms with E-state index in [9.17, 15) is 0 Å². The normalized spacial score (nSPS) is 24.1. The van der Waals surface area contributed by atoms with E-state index >= 15 is 0 Å². The average Bonchev–Trinajstić information content (AvgIpc) is 3.52. The van der Waals surface area contributed by atoms with E-state index < -0.39 is 0 Å². The molecule has 0 aliphatic carbocycles. The molecule has 2 aromatic carbocycles. The van der Waals surface area contributed by atoms with Crippen molar-refractivity contribution in [3.8, 4) is 34.5 Å². The maximum atomic E-state index is 6.66. The van der Waals surface area contributed by atoms with Crippen molar-refractivity contribution in [3.63, 3.8) is 0 Å². The Morgan fingerprint density at radius 1 is 0.875 bits per heavy atom. The predicted molar refractivity (Wildman–Crippen MR) is 120 cm³/mol. The van der Waals surface area contributed by atoms with E-state index in [1.807, 2.05) is 6.07 Å². The lowest BCUT2D eigenvalue weighted by Gasteiger charge is -2.43. The van der Waals surface area contributed by atoms with Crippen LogP contribution in [0.15, 0.2) is 24.3 Å². The minimum atomic E-state index is -0.000497. The molecule has 3 atom stereocenters. The predicted octanol–water partition coefficient (Wildman–Crippen LogP) is 4.41. The van der Waals surface area contributed by atoms with E-state index in [-0.39, 0.29) is 24.9 Å². The van der Waals surface area contributed by atoms with Gasteiger partial charge in [-0.1, -0.05) is 6.92 Å². The molecule has 1 saturated heterocycles. The second-order valence-corrected chi connectivity index (χ2v) is 8.50. The molecule has 32 heavy (non-hydrogen) atoms. The maximum Gasteiger partial charge on any atom is 0.231 e. The molecule has 2 aromatic rings. The number of ether oxygens (including phenoxy) is 6. The van der Waals surface area contributed by atoms with Gasteiger partial charge in [-0.25, -0.2) is 0 Å². The summed E-state index contributed by atoms with van der Waals surface area (Å²) in [6.45, 7) is 4.59. The van der Waals surface area contributed by atoms with Crippen LogP contribution >= 0.6 is 0 Å². The Kier molecular flexibility index (Phi) is 5.67. The molecule has 0 saturated carbocycles. The fraction of sp³-hybridized carbons (Fsp3) is 0.520. The van der Waals surface area contributed by atoms with Gasteiger partial charge in [0, 0.05) is 36.6 Å². The van der Waals surface area contributed by atoms with Crippen LogP contribution in [0.1, 0.15) is 43.2 Å².